The van der Waals surface area contributed by atoms with Crippen LogP contribution in [-0.4, -0.2) is 33.2 Å². The van der Waals surface area contributed by atoms with Crippen molar-refractivity contribution in [2.45, 2.75) is 19.9 Å². The summed E-state index contributed by atoms with van der Waals surface area (Å²) in [5.74, 6) is -0.338. The molecular weight excluding hydrogens is 349 g/mol. The Balaban J connectivity index is 1.78. The maximum atomic E-state index is 12.6. The fourth-order valence-corrected chi connectivity index (χ4v) is 3.51. The molecule has 7 heteroatoms. The normalized spacial score (nSPS) is 15.8. The van der Waals surface area contributed by atoms with Gasteiger partial charge in [0.15, 0.2) is 0 Å². The summed E-state index contributed by atoms with van der Waals surface area (Å²) in [4.78, 5) is 26.4. The second kappa shape index (κ2) is 7.91. The molecular formula is C19H18BNO4S. The molecule has 0 spiro atoms. The zero-order valence-electron chi connectivity index (χ0n) is 14.3. The molecule has 1 aliphatic rings. The third-order valence-electron chi connectivity index (χ3n) is 4.15. The molecule has 0 saturated carbocycles. The van der Waals surface area contributed by atoms with E-state index in [1.54, 1.807) is 30.3 Å². The van der Waals surface area contributed by atoms with Gasteiger partial charge in [-0.15, -0.1) is 0 Å². The van der Waals surface area contributed by atoms with E-state index < -0.39 is 7.12 Å². The molecule has 2 N–H and O–H groups in total. The summed E-state index contributed by atoms with van der Waals surface area (Å²) < 4.78 is 0. The molecule has 1 aliphatic heterocycles. The molecule has 2 aromatic carbocycles. The largest absolute Gasteiger partial charge is 0.488 e. The van der Waals surface area contributed by atoms with Crippen LogP contribution in [0.1, 0.15) is 23.6 Å². The number of hydrogen-bond donors (Lipinski definition) is 2. The van der Waals surface area contributed by atoms with Crippen molar-refractivity contribution < 1.29 is 19.6 Å². The quantitative estimate of drug-likeness (QED) is 0.626. The first-order chi connectivity index (χ1) is 12.5. The summed E-state index contributed by atoms with van der Waals surface area (Å²) in [5, 5.41) is 18.2. The number of carbonyl (C=O) groups is 2. The van der Waals surface area contributed by atoms with Gasteiger partial charge in [0.1, 0.15) is 0 Å². The minimum atomic E-state index is -1.59. The van der Waals surface area contributed by atoms with Gasteiger partial charge in [0.25, 0.3) is 11.1 Å². The summed E-state index contributed by atoms with van der Waals surface area (Å²) in [6.07, 6.45) is 2.66. The van der Waals surface area contributed by atoms with Crippen molar-refractivity contribution in [1.82, 2.24) is 4.90 Å². The molecule has 0 unspecified atom stereocenters. The minimum Gasteiger partial charge on any atom is -0.423 e. The molecule has 1 saturated heterocycles. The van der Waals surface area contributed by atoms with Crippen LogP contribution in [0.4, 0.5) is 4.79 Å². The van der Waals surface area contributed by atoms with Gasteiger partial charge in [-0.05, 0) is 46.4 Å². The zero-order chi connectivity index (χ0) is 18.7. The number of carbonyl (C=O) groups excluding carboxylic acids is 2. The first-order valence-corrected chi connectivity index (χ1v) is 9.09. The molecule has 2 amide bonds. The second-order valence-electron chi connectivity index (χ2n) is 5.98. The minimum absolute atomic E-state index is 0.0946. The molecule has 0 atom stereocenters. The van der Waals surface area contributed by atoms with Crippen molar-refractivity contribution in [1.29, 1.82) is 0 Å². The van der Waals surface area contributed by atoms with Gasteiger partial charge in [-0.1, -0.05) is 55.5 Å². The monoisotopic (exact) mass is 367 g/mol. The third-order valence-corrected chi connectivity index (χ3v) is 5.06. The molecule has 0 aliphatic carbocycles. The lowest BCUT2D eigenvalue weighted by Crippen LogP contribution is -2.31. The lowest BCUT2D eigenvalue weighted by molar-refractivity contribution is -0.123. The number of benzene rings is 2. The number of thioether (sulfide) groups is 1. The van der Waals surface area contributed by atoms with Crippen LogP contribution in [0, 0.1) is 0 Å². The number of rotatable bonds is 5. The summed E-state index contributed by atoms with van der Waals surface area (Å²) in [7, 11) is -1.59. The van der Waals surface area contributed by atoms with Crippen LogP contribution in [0.25, 0.3) is 6.08 Å². The van der Waals surface area contributed by atoms with Gasteiger partial charge in [-0.2, -0.15) is 0 Å². The lowest BCUT2D eigenvalue weighted by Gasteiger charge is -2.13. The molecule has 26 heavy (non-hydrogen) atoms. The van der Waals surface area contributed by atoms with Crippen molar-refractivity contribution in [3.8, 4) is 0 Å². The number of hydrogen-bond acceptors (Lipinski definition) is 5. The van der Waals surface area contributed by atoms with Crippen LogP contribution in [0.3, 0.4) is 0 Å². The average Bonchev–Trinajstić information content (AvgIpc) is 2.90. The zero-order valence-corrected chi connectivity index (χ0v) is 15.1. The molecule has 1 heterocycles. The van der Waals surface area contributed by atoms with Gasteiger partial charge in [0.2, 0.25) is 0 Å². The predicted octanol–water partition coefficient (Wildman–Crippen LogP) is 2.17. The highest BCUT2D eigenvalue weighted by molar-refractivity contribution is 8.18. The first kappa shape index (κ1) is 18.4. The predicted molar refractivity (Wildman–Crippen MR) is 104 cm³/mol. The highest BCUT2D eigenvalue weighted by atomic mass is 32.2. The Morgan fingerprint density at radius 3 is 2.46 bits per heavy atom. The average molecular weight is 367 g/mol. The smallest absolute Gasteiger partial charge is 0.423 e. The van der Waals surface area contributed by atoms with E-state index in [1.165, 1.54) is 10.5 Å². The SMILES string of the molecule is CCc1ccc(/C=C2\SC(=O)N(Cc3cccc(B(O)O)c3)C2=O)cc1. The summed E-state index contributed by atoms with van der Waals surface area (Å²) >= 11 is 0.916. The van der Waals surface area contributed by atoms with E-state index in [2.05, 4.69) is 6.92 Å². The highest BCUT2D eigenvalue weighted by Crippen LogP contribution is 2.33. The van der Waals surface area contributed by atoms with Gasteiger partial charge in [0.05, 0.1) is 11.4 Å². The van der Waals surface area contributed by atoms with Gasteiger partial charge in [-0.3, -0.25) is 14.5 Å². The number of nitrogens with zero attached hydrogens (tertiary/aromatic N) is 1. The van der Waals surface area contributed by atoms with Crippen LogP contribution in [0.5, 0.6) is 0 Å². The van der Waals surface area contributed by atoms with Gasteiger partial charge >= 0.3 is 7.12 Å². The number of imide groups is 1. The molecule has 1 fully saturated rings. The van der Waals surface area contributed by atoms with Crippen molar-refractivity contribution >= 4 is 41.6 Å². The Bertz CT molecular complexity index is 864. The van der Waals surface area contributed by atoms with Crippen LogP contribution < -0.4 is 5.46 Å². The van der Waals surface area contributed by atoms with E-state index in [1.807, 2.05) is 24.3 Å². The van der Waals surface area contributed by atoms with E-state index in [0.717, 1.165) is 23.7 Å². The Morgan fingerprint density at radius 1 is 1.08 bits per heavy atom. The van der Waals surface area contributed by atoms with Gasteiger partial charge in [0, 0.05) is 0 Å². The Morgan fingerprint density at radius 2 is 1.81 bits per heavy atom. The molecule has 0 aromatic heterocycles. The van der Waals surface area contributed by atoms with Crippen LogP contribution in [0.15, 0.2) is 53.4 Å². The Hall–Kier alpha value is -2.35. The maximum Gasteiger partial charge on any atom is 0.488 e. The highest BCUT2D eigenvalue weighted by Gasteiger charge is 2.35. The maximum absolute atomic E-state index is 12.6. The Labute approximate surface area is 156 Å². The number of amides is 2. The molecule has 5 nitrogen and oxygen atoms in total. The number of aryl methyl sites for hydroxylation is 1. The van der Waals surface area contributed by atoms with Crippen LogP contribution in [-0.2, 0) is 17.8 Å². The van der Waals surface area contributed by atoms with Crippen molar-refractivity contribution in [2.24, 2.45) is 0 Å². The molecule has 132 valence electrons. The van der Waals surface area contributed by atoms with Crippen molar-refractivity contribution in [3.05, 3.63) is 70.1 Å². The van der Waals surface area contributed by atoms with E-state index in [0.29, 0.717) is 15.9 Å². The fourth-order valence-electron chi connectivity index (χ4n) is 2.67. The lowest BCUT2D eigenvalue weighted by atomic mass is 9.79. The van der Waals surface area contributed by atoms with Gasteiger partial charge in [-0.25, -0.2) is 0 Å². The van der Waals surface area contributed by atoms with E-state index in [-0.39, 0.29) is 17.7 Å². The van der Waals surface area contributed by atoms with E-state index >= 15 is 0 Å². The third kappa shape index (κ3) is 4.07. The molecule has 2 aromatic rings. The fraction of sp³-hybridized carbons (Fsp3) is 0.158. The van der Waals surface area contributed by atoms with Crippen LogP contribution >= 0.6 is 11.8 Å². The molecule has 3 rings (SSSR count). The van der Waals surface area contributed by atoms with E-state index in [4.69, 9.17) is 0 Å². The second-order valence-corrected chi connectivity index (χ2v) is 6.97. The first-order valence-electron chi connectivity index (χ1n) is 8.27. The standard InChI is InChI=1S/C19H18BNO4S/c1-2-13-6-8-14(9-7-13)11-17-18(22)21(19(23)26-17)12-15-4-3-5-16(10-15)20(24)25/h3-11,24-25H,2,12H2,1H3/b17-11-. The van der Waals surface area contributed by atoms with Crippen LogP contribution in [0.2, 0.25) is 0 Å². The van der Waals surface area contributed by atoms with Crippen molar-refractivity contribution in [2.75, 3.05) is 0 Å². The summed E-state index contributed by atoms with van der Waals surface area (Å²) in [6, 6.07) is 14.4. The Kier molecular flexibility index (Phi) is 5.61. The molecule has 0 bridgehead atoms. The van der Waals surface area contributed by atoms with E-state index in [9.17, 15) is 19.6 Å². The summed E-state index contributed by atoms with van der Waals surface area (Å²) in [6.45, 7) is 2.17. The van der Waals surface area contributed by atoms with Gasteiger partial charge < -0.3 is 10.0 Å². The summed E-state index contributed by atoms with van der Waals surface area (Å²) in [5.41, 5.74) is 3.06. The molecule has 0 radical (unpaired) electrons. The van der Waals surface area contributed by atoms with Crippen molar-refractivity contribution in [3.63, 3.8) is 0 Å². The topological polar surface area (TPSA) is 77.8 Å².